The highest BCUT2D eigenvalue weighted by Crippen LogP contribution is 2.42. The number of ether oxygens (including phenoxy) is 1. The smallest absolute Gasteiger partial charge is 0.313 e. The van der Waals surface area contributed by atoms with Crippen LogP contribution in [0.25, 0.3) is 0 Å². The van der Waals surface area contributed by atoms with E-state index >= 15 is 0 Å². The van der Waals surface area contributed by atoms with Gasteiger partial charge < -0.3 is 9.64 Å². The molecule has 1 saturated heterocycles. The van der Waals surface area contributed by atoms with Crippen LogP contribution in [0.5, 0.6) is 0 Å². The van der Waals surface area contributed by atoms with Gasteiger partial charge in [-0.1, -0.05) is 11.8 Å². The van der Waals surface area contributed by atoms with Crippen molar-refractivity contribution in [3.63, 3.8) is 0 Å². The Morgan fingerprint density at radius 3 is 2.88 bits per heavy atom. The van der Waals surface area contributed by atoms with E-state index < -0.39 is 5.97 Å². The molecule has 1 aromatic heterocycles. The quantitative estimate of drug-likeness (QED) is 0.444. The molecule has 4 rings (SSSR count). The van der Waals surface area contributed by atoms with E-state index in [1.807, 2.05) is 6.07 Å². The third-order valence-electron chi connectivity index (χ3n) is 4.36. The van der Waals surface area contributed by atoms with Crippen LogP contribution >= 0.6 is 11.8 Å². The SMILES string of the molecule is CCOC(=O)CC(=O)CSc1nc2c(cc1C#N)N1CCC2CC1. The van der Waals surface area contributed by atoms with Gasteiger partial charge in [-0.05, 0) is 25.8 Å². The van der Waals surface area contributed by atoms with Crippen LogP contribution < -0.4 is 4.90 Å². The first-order valence-electron chi connectivity index (χ1n) is 8.12. The first-order valence-corrected chi connectivity index (χ1v) is 9.11. The van der Waals surface area contributed by atoms with Gasteiger partial charge in [0.25, 0.3) is 0 Å². The molecule has 24 heavy (non-hydrogen) atoms. The summed E-state index contributed by atoms with van der Waals surface area (Å²) in [6.07, 6.45) is 1.96. The van der Waals surface area contributed by atoms with Gasteiger partial charge in [-0.25, -0.2) is 4.98 Å². The van der Waals surface area contributed by atoms with E-state index in [2.05, 4.69) is 16.0 Å². The summed E-state index contributed by atoms with van der Waals surface area (Å²) in [5, 5.41) is 9.98. The molecule has 2 bridgehead atoms. The van der Waals surface area contributed by atoms with Crippen LogP contribution in [0.4, 0.5) is 5.69 Å². The molecule has 3 aliphatic rings. The average molecular weight is 345 g/mol. The van der Waals surface area contributed by atoms with Crippen LogP contribution in [0.1, 0.15) is 43.4 Å². The van der Waals surface area contributed by atoms with Crippen molar-refractivity contribution in [2.45, 2.75) is 37.1 Å². The molecule has 6 nitrogen and oxygen atoms in total. The van der Waals surface area contributed by atoms with Crippen LogP contribution in [-0.2, 0) is 14.3 Å². The molecule has 0 saturated carbocycles. The molecule has 0 radical (unpaired) electrons. The summed E-state index contributed by atoms with van der Waals surface area (Å²) in [5.41, 5.74) is 2.61. The Labute approximate surface area is 145 Å². The summed E-state index contributed by atoms with van der Waals surface area (Å²) < 4.78 is 4.77. The lowest BCUT2D eigenvalue weighted by molar-refractivity contribution is -0.145. The summed E-state index contributed by atoms with van der Waals surface area (Å²) in [6.45, 7) is 4.02. The molecule has 0 aliphatic carbocycles. The molecular weight excluding hydrogens is 326 g/mol. The highest BCUT2D eigenvalue weighted by atomic mass is 32.2. The predicted molar refractivity (Wildman–Crippen MR) is 90.1 cm³/mol. The first-order chi connectivity index (χ1) is 11.6. The molecule has 3 aliphatic heterocycles. The zero-order chi connectivity index (χ0) is 17.1. The number of esters is 1. The molecule has 0 atom stereocenters. The maximum atomic E-state index is 11.9. The largest absolute Gasteiger partial charge is 0.466 e. The van der Waals surface area contributed by atoms with Gasteiger partial charge in [0.15, 0.2) is 5.78 Å². The number of carbonyl (C=O) groups is 2. The zero-order valence-electron chi connectivity index (χ0n) is 13.6. The number of piperidine rings is 1. The minimum Gasteiger partial charge on any atom is -0.466 e. The van der Waals surface area contributed by atoms with Crippen molar-refractivity contribution >= 4 is 29.2 Å². The van der Waals surface area contributed by atoms with Crippen molar-refractivity contribution in [1.29, 1.82) is 5.26 Å². The number of ketones is 1. The van der Waals surface area contributed by atoms with E-state index in [-0.39, 0.29) is 24.6 Å². The number of nitriles is 1. The Hall–Kier alpha value is -2.07. The molecule has 126 valence electrons. The minimum atomic E-state index is -0.507. The van der Waals surface area contributed by atoms with E-state index in [4.69, 9.17) is 4.74 Å². The molecule has 0 amide bonds. The summed E-state index contributed by atoms with van der Waals surface area (Å²) >= 11 is 1.23. The van der Waals surface area contributed by atoms with Crippen molar-refractivity contribution in [2.75, 3.05) is 30.3 Å². The number of Topliss-reactive ketones (excluding diaryl/α,β-unsaturated/α-hetero) is 1. The Morgan fingerprint density at radius 2 is 2.21 bits per heavy atom. The van der Waals surface area contributed by atoms with Gasteiger partial charge >= 0.3 is 5.97 Å². The monoisotopic (exact) mass is 345 g/mol. The molecule has 0 aromatic carbocycles. The molecule has 1 aromatic rings. The van der Waals surface area contributed by atoms with Crippen molar-refractivity contribution in [2.24, 2.45) is 0 Å². The second kappa shape index (κ2) is 7.22. The Balaban J connectivity index is 1.72. The van der Waals surface area contributed by atoms with Crippen molar-refractivity contribution < 1.29 is 14.3 Å². The topological polar surface area (TPSA) is 83.3 Å². The number of carbonyl (C=O) groups excluding carboxylic acids is 2. The zero-order valence-corrected chi connectivity index (χ0v) is 14.4. The van der Waals surface area contributed by atoms with Crippen LogP contribution in [0.2, 0.25) is 0 Å². The van der Waals surface area contributed by atoms with E-state index in [9.17, 15) is 14.9 Å². The second-order valence-corrected chi connectivity index (χ2v) is 6.89. The fourth-order valence-corrected chi connectivity index (χ4v) is 4.03. The normalized spacial score (nSPS) is 15.8. The van der Waals surface area contributed by atoms with Gasteiger partial charge in [0.1, 0.15) is 17.5 Å². The van der Waals surface area contributed by atoms with E-state index in [0.29, 0.717) is 16.5 Å². The Morgan fingerprint density at radius 1 is 1.46 bits per heavy atom. The van der Waals surface area contributed by atoms with Crippen molar-refractivity contribution in [3.05, 3.63) is 17.3 Å². The van der Waals surface area contributed by atoms with Gasteiger partial charge in [0.05, 0.1) is 29.3 Å². The fraction of sp³-hybridized carbons (Fsp3) is 0.529. The highest BCUT2D eigenvalue weighted by Gasteiger charge is 2.33. The number of anilines is 1. The third kappa shape index (κ3) is 3.39. The van der Waals surface area contributed by atoms with E-state index in [1.165, 1.54) is 11.8 Å². The molecular formula is C17H19N3O3S. The summed E-state index contributed by atoms with van der Waals surface area (Å²) in [4.78, 5) is 30.2. The number of fused-ring (bicyclic) bond motifs is 2. The van der Waals surface area contributed by atoms with E-state index in [1.54, 1.807) is 6.92 Å². The molecule has 7 heteroatoms. The van der Waals surface area contributed by atoms with Crippen molar-refractivity contribution in [3.8, 4) is 6.07 Å². The first kappa shape index (κ1) is 16.8. The number of nitrogens with zero attached hydrogens (tertiary/aromatic N) is 3. The maximum Gasteiger partial charge on any atom is 0.313 e. The van der Waals surface area contributed by atoms with Gasteiger partial charge in [-0.2, -0.15) is 5.26 Å². The van der Waals surface area contributed by atoms with E-state index in [0.717, 1.165) is 37.3 Å². The van der Waals surface area contributed by atoms with Crippen LogP contribution in [0.3, 0.4) is 0 Å². The summed E-state index contributed by atoms with van der Waals surface area (Å²) in [6, 6.07) is 4.07. The fourth-order valence-electron chi connectivity index (χ4n) is 3.21. The maximum absolute atomic E-state index is 11.9. The summed E-state index contributed by atoms with van der Waals surface area (Å²) in [7, 11) is 0. The lowest BCUT2D eigenvalue weighted by atomic mass is 9.86. The predicted octanol–water partition coefficient (Wildman–Crippen LogP) is 2.27. The molecule has 4 heterocycles. The Bertz CT molecular complexity index is 706. The number of thioether (sulfide) groups is 1. The van der Waals surface area contributed by atoms with Crippen molar-refractivity contribution in [1.82, 2.24) is 4.98 Å². The third-order valence-corrected chi connectivity index (χ3v) is 5.41. The van der Waals surface area contributed by atoms with Gasteiger partial charge in [-0.15, -0.1) is 0 Å². The number of hydrogen-bond acceptors (Lipinski definition) is 7. The average Bonchev–Trinajstić information content (AvgIpc) is 2.60. The van der Waals surface area contributed by atoms with Crippen LogP contribution in [0, 0.1) is 11.3 Å². The van der Waals surface area contributed by atoms with Crippen LogP contribution in [0.15, 0.2) is 11.1 Å². The van der Waals surface area contributed by atoms with Crippen LogP contribution in [-0.4, -0.2) is 42.2 Å². The van der Waals surface area contributed by atoms with Gasteiger partial charge in [-0.3, -0.25) is 9.59 Å². The van der Waals surface area contributed by atoms with Gasteiger partial charge in [0, 0.05) is 19.0 Å². The highest BCUT2D eigenvalue weighted by molar-refractivity contribution is 8.00. The summed E-state index contributed by atoms with van der Waals surface area (Å²) in [5.74, 6) is -0.153. The standard InChI is InChI=1S/C17H19N3O3S/c1-2-23-15(22)8-13(21)10-24-17-12(9-18)7-14-16(19-17)11-3-5-20(14)6-4-11/h7,11H,2-6,8,10H2,1H3. The second-order valence-electron chi connectivity index (χ2n) is 5.93. The lowest BCUT2D eigenvalue weighted by Gasteiger charge is -2.41. The number of pyridine rings is 1. The number of aromatic nitrogens is 1. The molecule has 0 unspecified atom stereocenters. The number of rotatable bonds is 6. The van der Waals surface area contributed by atoms with Gasteiger partial charge in [0.2, 0.25) is 0 Å². The Kier molecular flexibility index (Phi) is 5.05. The molecule has 1 fully saturated rings. The molecule has 0 N–H and O–H groups in total. The lowest BCUT2D eigenvalue weighted by Crippen LogP contribution is -2.39. The number of hydrogen-bond donors (Lipinski definition) is 0. The molecule has 0 spiro atoms. The minimum absolute atomic E-state index is 0.119.